The highest BCUT2D eigenvalue weighted by molar-refractivity contribution is 5.91. The first kappa shape index (κ1) is 17.3. The van der Waals surface area contributed by atoms with Gasteiger partial charge in [-0.15, -0.1) is 10.2 Å². The van der Waals surface area contributed by atoms with Crippen molar-refractivity contribution in [3.63, 3.8) is 0 Å². The van der Waals surface area contributed by atoms with E-state index in [0.29, 0.717) is 31.3 Å². The van der Waals surface area contributed by atoms with Crippen LogP contribution in [0, 0.1) is 0 Å². The molecule has 1 unspecified atom stereocenters. The number of ether oxygens (including phenoxy) is 1. The molecule has 1 aliphatic rings. The molecule has 142 valence electrons. The smallest absolute Gasteiger partial charge is 0.289 e. The number of furan rings is 1. The molecule has 1 atom stereocenters. The summed E-state index contributed by atoms with van der Waals surface area (Å²) in [4.78, 5) is 14.5. The Morgan fingerprint density at radius 1 is 1.37 bits per heavy atom. The minimum atomic E-state index is -0.123. The molecular formula is C18H22N6O3. The average molecular weight is 370 g/mol. The Morgan fingerprint density at radius 2 is 2.26 bits per heavy atom. The van der Waals surface area contributed by atoms with Crippen LogP contribution in [-0.4, -0.2) is 55.6 Å². The van der Waals surface area contributed by atoms with Gasteiger partial charge in [-0.1, -0.05) is 0 Å². The number of piperidine rings is 1. The second-order valence-electron chi connectivity index (χ2n) is 6.65. The van der Waals surface area contributed by atoms with Crippen molar-refractivity contribution in [2.75, 3.05) is 20.2 Å². The lowest BCUT2D eigenvalue weighted by Crippen LogP contribution is -2.39. The molecule has 1 amide bonds. The summed E-state index contributed by atoms with van der Waals surface area (Å²) in [5, 5.41) is 12.9. The van der Waals surface area contributed by atoms with Gasteiger partial charge < -0.3 is 18.6 Å². The van der Waals surface area contributed by atoms with Crippen LogP contribution in [0.25, 0.3) is 0 Å². The number of aromatic nitrogens is 5. The van der Waals surface area contributed by atoms with E-state index in [1.54, 1.807) is 18.3 Å². The fourth-order valence-electron chi connectivity index (χ4n) is 3.48. The summed E-state index contributed by atoms with van der Waals surface area (Å²) in [5.41, 5.74) is 0. The minimum absolute atomic E-state index is 0.123. The molecule has 4 heterocycles. The second kappa shape index (κ2) is 7.26. The molecule has 9 nitrogen and oxygen atoms in total. The molecule has 1 saturated heterocycles. The van der Waals surface area contributed by atoms with Gasteiger partial charge in [-0.05, 0) is 25.0 Å². The van der Waals surface area contributed by atoms with Crippen molar-refractivity contribution in [2.45, 2.75) is 25.3 Å². The summed E-state index contributed by atoms with van der Waals surface area (Å²) in [7, 11) is 3.48. The fraction of sp³-hybridized carbons (Fsp3) is 0.444. The monoisotopic (exact) mass is 370 g/mol. The number of hydrogen-bond donors (Lipinski definition) is 0. The van der Waals surface area contributed by atoms with Gasteiger partial charge in [-0.2, -0.15) is 5.10 Å². The molecule has 9 heteroatoms. The molecule has 0 bridgehead atoms. The Bertz CT molecular complexity index is 914. The van der Waals surface area contributed by atoms with Crippen LogP contribution in [-0.2, 0) is 13.6 Å². The highest BCUT2D eigenvalue weighted by Gasteiger charge is 2.30. The van der Waals surface area contributed by atoms with Crippen molar-refractivity contribution in [3.8, 4) is 5.95 Å². The van der Waals surface area contributed by atoms with Gasteiger partial charge in [0.05, 0.1) is 7.11 Å². The number of amides is 1. The predicted molar refractivity (Wildman–Crippen MR) is 95.5 cm³/mol. The molecule has 0 radical (unpaired) electrons. The molecule has 27 heavy (non-hydrogen) atoms. The van der Waals surface area contributed by atoms with Crippen LogP contribution in [0.5, 0.6) is 5.95 Å². The first-order valence-electron chi connectivity index (χ1n) is 8.94. The molecule has 0 aliphatic carbocycles. The Hall–Kier alpha value is -3.10. The van der Waals surface area contributed by atoms with Gasteiger partial charge in [0, 0.05) is 44.5 Å². The Labute approximate surface area is 156 Å². The van der Waals surface area contributed by atoms with Crippen molar-refractivity contribution in [1.29, 1.82) is 0 Å². The Kier molecular flexibility index (Phi) is 4.66. The molecule has 3 aromatic heterocycles. The molecule has 0 saturated carbocycles. The third-order valence-electron chi connectivity index (χ3n) is 4.93. The van der Waals surface area contributed by atoms with Gasteiger partial charge in [0.25, 0.3) is 11.9 Å². The van der Waals surface area contributed by atoms with Crippen LogP contribution in [0.4, 0.5) is 0 Å². The number of carbonyl (C=O) groups excluding carboxylic acids is 1. The lowest BCUT2D eigenvalue weighted by molar-refractivity contribution is 0.0665. The van der Waals surface area contributed by atoms with Gasteiger partial charge in [-0.25, -0.2) is 0 Å². The number of rotatable bonds is 5. The van der Waals surface area contributed by atoms with Gasteiger partial charge >= 0.3 is 0 Å². The van der Waals surface area contributed by atoms with Crippen LogP contribution in [0.2, 0.25) is 0 Å². The summed E-state index contributed by atoms with van der Waals surface area (Å²) >= 11 is 0. The lowest BCUT2D eigenvalue weighted by Gasteiger charge is -2.31. The molecule has 0 N–H and O–H groups in total. The van der Waals surface area contributed by atoms with Crippen molar-refractivity contribution >= 4 is 5.91 Å². The zero-order chi connectivity index (χ0) is 18.8. The molecule has 1 fully saturated rings. The maximum Gasteiger partial charge on any atom is 0.289 e. The van der Waals surface area contributed by atoms with Gasteiger partial charge in [0.1, 0.15) is 12.4 Å². The maximum absolute atomic E-state index is 12.7. The van der Waals surface area contributed by atoms with E-state index in [1.165, 1.54) is 7.11 Å². The number of carbonyl (C=O) groups is 1. The predicted octanol–water partition coefficient (Wildman–Crippen LogP) is 1.68. The standard InChI is InChI=1S/C18H22N6O3/c1-22-15(12-24-10-4-8-19-24)20-21-17(22)13-5-3-9-23(11-13)18(25)14-6-7-16(26-2)27-14/h4,6-8,10,13H,3,5,9,11-12H2,1-2H3. The van der Waals surface area contributed by atoms with Crippen LogP contribution >= 0.6 is 0 Å². The molecule has 3 aromatic rings. The van der Waals surface area contributed by atoms with Gasteiger partial charge in [-0.3, -0.25) is 9.48 Å². The van der Waals surface area contributed by atoms with E-state index in [0.717, 1.165) is 24.5 Å². The van der Waals surface area contributed by atoms with Crippen LogP contribution in [0.15, 0.2) is 35.0 Å². The van der Waals surface area contributed by atoms with Crippen LogP contribution in [0.1, 0.15) is 41.0 Å². The highest BCUT2D eigenvalue weighted by Crippen LogP contribution is 2.27. The molecule has 0 spiro atoms. The van der Waals surface area contributed by atoms with E-state index in [-0.39, 0.29) is 11.8 Å². The summed E-state index contributed by atoms with van der Waals surface area (Å²) in [6.45, 7) is 1.87. The summed E-state index contributed by atoms with van der Waals surface area (Å²) in [6, 6.07) is 5.18. The lowest BCUT2D eigenvalue weighted by atomic mass is 9.97. The zero-order valence-corrected chi connectivity index (χ0v) is 15.4. The number of hydrogen-bond acceptors (Lipinski definition) is 6. The number of likely N-dealkylation sites (tertiary alicyclic amines) is 1. The molecule has 1 aliphatic heterocycles. The number of nitrogens with zero attached hydrogens (tertiary/aromatic N) is 6. The quantitative estimate of drug-likeness (QED) is 0.679. The number of methoxy groups -OCH3 is 1. The second-order valence-corrected chi connectivity index (χ2v) is 6.65. The van der Waals surface area contributed by atoms with E-state index < -0.39 is 0 Å². The summed E-state index contributed by atoms with van der Waals surface area (Å²) in [6.07, 6.45) is 5.52. The SMILES string of the molecule is COc1ccc(C(=O)N2CCCC(c3nnc(Cn4cccn4)n3C)C2)o1. The highest BCUT2D eigenvalue weighted by atomic mass is 16.6. The Morgan fingerprint density at radius 3 is 3.00 bits per heavy atom. The third kappa shape index (κ3) is 3.44. The average Bonchev–Trinajstić information content (AvgIpc) is 3.44. The topological polar surface area (TPSA) is 91.2 Å². The summed E-state index contributed by atoms with van der Waals surface area (Å²) in [5.74, 6) is 2.39. The molecule has 0 aromatic carbocycles. The molecule has 4 rings (SSSR count). The van der Waals surface area contributed by atoms with Gasteiger partial charge in [0.15, 0.2) is 11.6 Å². The van der Waals surface area contributed by atoms with Crippen molar-refractivity contribution in [1.82, 2.24) is 29.4 Å². The van der Waals surface area contributed by atoms with E-state index in [2.05, 4.69) is 15.3 Å². The van der Waals surface area contributed by atoms with E-state index in [4.69, 9.17) is 9.15 Å². The Balaban J connectivity index is 1.48. The maximum atomic E-state index is 12.7. The largest absolute Gasteiger partial charge is 0.468 e. The van der Waals surface area contributed by atoms with Crippen LogP contribution < -0.4 is 4.74 Å². The molecular weight excluding hydrogens is 348 g/mol. The minimum Gasteiger partial charge on any atom is -0.468 e. The first-order chi connectivity index (χ1) is 13.2. The third-order valence-corrected chi connectivity index (χ3v) is 4.93. The zero-order valence-electron chi connectivity index (χ0n) is 15.4. The summed E-state index contributed by atoms with van der Waals surface area (Å²) < 4.78 is 14.3. The normalized spacial score (nSPS) is 17.3. The van der Waals surface area contributed by atoms with Crippen molar-refractivity contribution in [3.05, 3.63) is 48.0 Å². The van der Waals surface area contributed by atoms with Crippen molar-refractivity contribution < 1.29 is 13.9 Å². The van der Waals surface area contributed by atoms with Gasteiger partial charge in [0.2, 0.25) is 0 Å². The first-order valence-corrected chi connectivity index (χ1v) is 8.94. The van der Waals surface area contributed by atoms with E-state index >= 15 is 0 Å². The fourth-order valence-corrected chi connectivity index (χ4v) is 3.48. The van der Waals surface area contributed by atoms with Crippen LogP contribution in [0.3, 0.4) is 0 Å². The van der Waals surface area contributed by atoms with Crippen molar-refractivity contribution in [2.24, 2.45) is 7.05 Å². The van der Waals surface area contributed by atoms with E-state index in [9.17, 15) is 4.79 Å². The van der Waals surface area contributed by atoms with E-state index in [1.807, 2.05) is 33.5 Å².